The fraction of sp³-hybridized carbons (Fsp3) is 0.875. The van der Waals surface area contributed by atoms with Gasteiger partial charge in [0.25, 0.3) is 0 Å². The van der Waals surface area contributed by atoms with Crippen LogP contribution in [0.4, 0.5) is 0 Å². The lowest BCUT2D eigenvalue weighted by atomic mass is 10.0. The molecule has 64 valence electrons. The largest absolute Gasteiger partial charge is 0.299 e. The maximum Gasteiger partial charge on any atom is 0.141 e. The minimum absolute atomic E-state index is 0.0434. The van der Waals surface area contributed by atoms with E-state index in [0.29, 0.717) is 0 Å². The van der Waals surface area contributed by atoms with Crippen molar-refractivity contribution in [2.24, 2.45) is 17.8 Å². The Kier molecular flexibility index (Phi) is 2.24. The van der Waals surface area contributed by atoms with Crippen molar-refractivity contribution in [3.8, 4) is 0 Å². The van der Waals surface area contributed by atoms with Crippen molar-refractivity contribution in [1.82, 2.24) is 0 Å². The summed E-state index contributed by atoms with van der Waals surface area (Å²) < 4.78 is -0.776. The second kappa shape index (κ2) is 2.63. The molecule has 2 unspecified atom stereocenters. The summed E-state index contributed by atoms with van der Waals surface area (Å²) in [4.78, 5) is 11.4. The molecule has 0 aromatic rings. The normalized spacial score (nSPS) is 34.0. The van der Waals surface area contributed by atoms with Crippen LogP contribution in [-0.4, -0.2) is 10.1 Å². The van der Waals surface area contributed by atoms with Gasteiger partial charge in [0.2, 0.25) is 0 Å². The molecule has 3 heteroatoms. The minimum atomic E-state index is -0.776. The zero-order valence-corrected chi connectivity index (χ0v) is 8.41. The molecule has 1 aliphatic rings. The third-order valence-corrected chi connectivity index (χ3v) is 3.45. The van der Waals surface area contributed by atoms with E-state index in [-0.39, 0.29) is 23.5 Å². The summed E-state index contributed by atoms with van der Waals surface area (Å²) in [6, 6.07) is 0. The molecular weight excluding hydrogens is 183 g/mol. The van der Waals surface area contributed by atoms with E-state index in [0.717, 1.165) is 0 Å². The molecule has 0 bridgehead atoms. The molecule has 1 nitrogen and oxygen atoms in total. The fourth-order valence-electron chi connectivity index (χ4n) is 1.27. The topological polar surface area (TPSA) is 17.1 Å². The zero-order chi connectivity index (χ0) is 8.81. The Hall–Kier alpha value is 0.250. The third-order valence-electron chi connectivity index (χ3n) is 2.29. The first-order chi connectivity index (χ1) is 4.89. The second-order valence-corrected chi connectivity index (χ2v) is 4.94. The van der Waals surface area contributed by atoms with Gasteiger partial charge >= 0.3 is 0 Å². The predicted molar refractivity (Wildman–Crippen MR) is 46.9 cm³/mol. The van der Waals surface area contributed by atoms with Gasteiger partial charge in [0, 0.05) is 11.8 Å². The summed E-state index contributed by atoms with van der Waals surface area (Å²) in [5, 5.41) is 0. The summed E-state index contributed by atoms with van der Waals surface area (Å²) >= 11 is 11.7. The maximum absolute atomic E-state index is 11.4. The molecule has 0 saturated heterocycles. The molecule has 0 aromatic carbocycles. The van der Waals surface area contributed by atoms with Gasteiger partial charge in [-0.2, -0.15) is 0 Å². The quantitative estimate of drug-likeness (QED) is 0.619. The average molecular weight is 195 g/mol. The van der Waals surface area contributed by atoms with Gasteiger partial charge in [0.15, 0.2) is 0 Å². The average Bonchev–Trinajstić information content (AvgIpc) is 2.32. The van der Waals surface area contributed by atoms with E-state index < -0.39 is 4.33 Å². The Morgan fingerprint density at radius 3 is 1.91 bits per heavy atom. The molecule has 11 heavy (non-hydrogen) atoms. The number of alkyl halides is 2. The van der Waals surface area contributed by atoms with Crippen molar-refractivity contribution >= 4 is 29.0 Å². The highest BCUT2D eigenvalue weighted by Gasteiger charge is 2.64. The minimum Gasteiger partial charge on any atom is -0.299 e. The van der Waals surface area contributed by atoms with Gasteiger partial charge in [-0.05, 0) is 0 Å². The molecule has 0 N–H and O–H groups in total. The third kappa shape index (κ3) is 1.41. The van der Waals surface area contributed by atoms with Crippen LogP contribution in [0, 0.1) is 17.8 Å². The van der Waals surface area contributed by atoms with Gasteiger partial charge in [-0.15, -0.1) is 23.2 Å². The highest BCUT2D eigenvalue weighted by atomic mass is 35.5. The van der Waals surface area contributed by atoms with Crippen molar-refractivity contribution < 1.29 is 4.79 Å². The van der Waals surface area contributed by atoms with Gasteiger partial charge < -0.3 is 0 Å². The van der Waals surface area contributed by atoms with E-state index in [1.807, 2.05) is 20.8 Å². The van der Waals surface area contributed by atoms with E-state index >= 15 is 0 Å². The summed E-state index contributed by atoms with van der Waals surface area (Å²) in [6.07, 6.45) is 0. The highest BCUT2D eigenvalue weighted by molar-refractivity contribution is 6.52. The first kappa shape index (κ1) is 9.34. The number of hydrogen-bond donors (Lipinski definition) is 0. The van der Waals surface area contributed by atoms with Crippen molar-refractivity contribution in [2.45, 2.75) is 25.1 Å². The van der Waals surface area contributed by atoms with Crippen LogP contribution < -0.4 is 0 Å². The van der Waals surface area contributed by atoms with E-state index in [1.54, 1.807) is 0 Å². The number of halogens is 2. The van der Waals surface area contributed by atoms with Gasteiger partial charge in [-0.3, -0.25) is 4.79 Å². The molecule has 1 saturated carbocycles. The van der Waals surface area contributed by atoms with E-state index in [9.17, 15) is 4.79 Å². The first-order valence-electron chi connectivity index (χ1n) is 3.80. The van der Waals surface area contributed by atoms with Crippen molar-refractivity contribution in [3.05, 3.63) is 0 Å². The van der Waals surface area contributed by atoms with Crippen LogP contribution in [0.1, 0.15) is 20.8 Å². The van der Waals surface area contributed by atoms with Crippen molar-refractivity contribution in [1.29, 1.82) is 0 Å². The first-order valence-corrected chi connectivity index (χ1v) is 4.56. The zero-order valence-electron chi connectivity index (χ0n) is 6.90. The molecule has 2 atom stereocenters. The second-order valence-electron chi connectivity index (χ2n) is 3.50. The van der Waals surface area contributed by atoms with Gasteiger partial charge in [0.05, 0.1) is 5.92 Å². The lowest BCUT2D eigenvalue weighted by Crippen LogP contribution is -2.12. The molecule has 1 rings (SSSR count). The molecule has 0 aromatic heterocycles. The van der Waals surface area contributed by atoms with Crippen LogP contribution in [-0.2, 0) is 4.79 Å². The van der Waals surface area contributed by atoms with Gasteiger partial charge in [-0.25, -0.2) is 0 Å². The van der Waals surface area contributed by atoms with E-state index in [4.69, 9.17) is 23.2 Å². The van der Waals surface area contributed by atoms with Crippen LogP contribution in [0.5, 0.6) is 0 Å². The standard InChI is InChI=1S/C8H12Cl2O/c1-4(2)7(11)6-5(3)8(6,9)10/h4-6H,1-3H3. The van der Waals surface area contributed by atoms with E-state index in [2.05, 4.69) is 0 Å². The molecular formula is C8H12Cl2O. The number of Topliss-reactive ketones (excluding diaryl/α,β-unsaturated/α-hetero) is 1. The molecule has 1 aliphatic carbocycles. The summed E-state index contributed by atoms with van der Waals surface area (Å²) in [5.74, 6) is 0.218. The molecule has 0 aliphatic heterocycles. The summed E-state index contributed by atoms with van der Waals surface area (Å²) in [5.41, 5.74) is 0. The van der Waals surface area contributed by atoms with Gasteiger partial charge in [-0.1, -0.05) is 20.8 Å². The fourth-order valence-corrected chi connectivity index (χ4v) is 1.99. The maximum atomic E-state index is 11.4. The molecule has 1 fully saturated rings. The Bertz CT molecular complexity index is 187. The number of rotatable bonds is 2. The Morgan fingerprint density at radius 1 is 1.45 bits per heavy atom. The lowest BCUT2D eigenvalue weighted by Gasteiger charge is -2.01. The van der Waals surface area contributed by atoms with Crippen LogP contribution in [0.2, 0.25) is 0 Å². The van der Waals surface area contributed by atoms with E-state index in [1.165, 1.54) is 0 Å². The molecule has 0 heterocycles. The van der Waals surface area contributed by atoms with Crippen molar-refractivity contribution in [2.75, 3.05) is 0 Å². The highest BCUT2D eigenvalue weighted by Crippen LogP contribution is 2.59. The van der Waals surface area contributed by atoms with Crippen molar-refractivity contribution in [3.63, 3.8) is 0 Å². The summed E-state index contributed by atoms with van der Waals surface area (Å²) in [7, 11) is 0. The SMILES string of the molecule is CC(C)C(=O)C1C(C)C1(Cl)Cl. The smallest absolute Gasteiger partial charge is 0.141 e. The molecule has 0 radical (unpaired) electrons. The number of ketones is 1. The van der Waals surface area contributed by atoms with Crippen LogP contribution in [0.25, 0.3) is 0 Å². The predicted octanol–water partition coefficient (Wildman–Crippen LogP) is 2.65. The molecule has 0 spiro atoms. The van der Waals surface area contributed by atoms with Crippen LogP contribution >= 0.6 is 23.2 Å². The number of carbonyl (C=O) groups is 1. The summed E-state index contributed by atoms with van der Waals surface area (Å²) in [6.45, 7) is 5.65. The number of hydrogen-bond acceptors (Lipinski definition) is 1. The Balaban J connectivity index is 2.61. The molecule has 0 amide bonds. The lowest BCUT2D eigenvalue weighted by molar-refractivity contribution is -0.123. The van der Waals surface area contributed by atoms with Crippen LogP contribution in [0.3, 0.4) is 0 Å². The van der Waals surface area contributed by atoms with Gasteiger partial charge in [0.1, 0.15) is 10.1 Å². The number of carbonyl (C=O) groups excluding carboxylic acids is 1. The van der Waals surface area contributed by atoms with Crippen LogP contribution in [0.15, 0.2) is 0 Å². The Labute approximate surface area is 77.1 Å². The monoisotopic (exact) mass is 194 g/mol. The Morgan fingerprint density at radius 2 is 1.82 bits per heavy atom.